The Labute approximate surface area is 142 Å². The van der Waals surface area contributed by atoms with Crippen molar-refractivity contribution in [3.05, 3.63) is 53.8 Å². The predicted octanol–water partition coefficient (Wildman–Crippen LogP) is 4.19. The number of hydrogen-bond donors (Lipinski definition) is 0. The summed E-state index contributed by atoms with van der Waals surface area (Å²) in [5.41, 5.74) is 1.64. The van der Waals surface area contributed by atoms with Crippen LogP contribution in [0.1, 0.15) is 5.56 Å². The van der Waals surface area contributed by atoms with Gasteiger partial charge in [-0.05, 0) is 42.5 Å². The molecule has 0 radical (unpaired) electrons. The minimum Gasteiger partial charge on any atom is -0.497 e. The van der Waals surface area contributed by atoms with Crippen molar-refractivity contribution in [2.45, 2.75) is 11.0 Å². The molecule has 7 heteroatoms. The first-order valence-corrected chi connectivity index (χ1v) is 8.11. The van der Waals surface area contributed by atoms with Crippen molar-refractivity contribution in [1.82, 2.24) is 10.2 Å². The molecule has 3 aromatic rings. The molecule has 2 aromatic carbocycles. The van der Waals surface area contributed by atoms with E-state index in [0.29, 0.717) is 22.4 Å². The van der Waals surface area contributed by atoms with Crippen molar-refractivity contribution in [3.63, 3.8) is 0 Å². The van der Waals surface area contributed by atoms with Gasteiger partial charge in [0, 0.05) is 16.9 Å². The molecular formula is C17H15FN2O3S. The van der Waals surface area contributed by atoms with E-state index in [1.54, 1.807) is 26.4 Å². The van der Waals surface area contributed by atoms with E-state index in [1.165, 1.54) is 23.9 Å². The molecule has 1 aromatic heterocycles. The molecule has 24 heavy (non-hydrogen) atoms. The highest BCUT2D eigenvalue weighted by atomic mass is 32.2. The van der Waals surface area contributed by atoms with Gasteiger partial charge in [-0.1, -0.05) is 11.8 Å². The van der Waals surface area contributed by atoms with Gasteiger partial charge in [0.15, 0.2) is 0 Å². The number of hydrogen-bond acceptors (Lipinski definition) is 6. The first-order chi connectivity index (χ1) is 11.7. The molecule has 0 aliphatic rings. The Hall–Kier alpha value is -2.54. The molecule has 124 valence electrons. The lowest BCUT2D eigenvalue weighted by atomic mass is 10.2. The monoisotopic (exact) mass is 346 g/mol. The van der Waals surface area contributed by atoms with E-state index in [1.807, 2.05) is 18.2 Å². The highest BCUT2D eigenvalue weighted by molar-refractivity contribution is 7.98. The van der Waals surface area contributed by atoms with Crippen LogP contribution in [0.5, 0.6) is 11.5 Å². The molecule has 0 N–H and O–H groups in total. The number of halogens is 1. The summed E-state index contributed by atoms with van der Waals surface area (Å²) >= 11 is 1.39. The molecule has 3 rings (SSSR count). The third-order valence-electron chi connectivity index (χ3n) is 3.34. The summed E-state index contributed by atoms with van der Waals surface area (Å²) in [7, 11) is 3.24. The lowest BCUT2D eigenvalue weighted by molar-refractivity contribution is 0.400. The Bertz CT molecular complexity index is 821. The largest absolute Gasteiger partial charge is 0.497 e. The van der Waals surface area contributed by atoms with Crippen LogP contribution in [0.4, 0.5) is 4.39 Å². The van der Waals surface area contributed by atoms with Gasteiger partial charge in [0.1, 0.15) is 17.3 Å². The van der Waals surface area contributed by atoms with Crippen molar-refractivity contribution >= 4 is 11.8 Å². The Morgan fingerprint density at radius 1 is 1.04 bits per heavy atom. The molecule has 0 unspecified atom stereocenters. The summed E-state index contributed by atoms with van der Waals surface area (Å²) in [6.07, 6.45) is 0. The van der Waals surface area contributed by atoms with E-state index in [4.69, 9.17) is 13.9 Å². The Morgan fingerprint density at radius 2 is 1.83 bits per heavy atom. The van der Waals surface area contributed by atoms with Crippen molar-refractivity contribution in [1.29, 1.82) is 0 Å². The van der Waals surface area contributed by atoms with Crippen LogP contribution in [-0.2, 0) is 5.75 Å². The summed E-state index contributed by atoms with van der Waals surface area (Å²) < 4.78 is 29.1. The first kappa shape index (κ1) is 16.3. The number of methoxy groups -OCH3 is 2. The van der Waals surface area contributed by atoms with Crippen molar-refractivity contribution in [3.8, 4) is 23.0 Å². The van der Waals surface area contributed by atoms with Crippen molar-refractivity contribution in [2.24, 2.45) is 0 Å². The zero-order valence-electron chi connectivity index (χ0n) is 13.2. The van der Waals surface area contributed by atoms with E-state index in [-0.39, 0.29) is 5.82 Å². The molecular weight excluding hydrogens is 331 g/mol. The van der Waals surface area contributed by atoms with Gasteiger partial charge in [0.2, 0.25) is 5.89 Å². The fraction of sp³-hybridized carbons (Fsp3) is 0.176. The number of rotatable bonds is 6. The predicted molar refractivity (Wildman–Crippen MR) is 88.8 cm³/mol. The number of thioether (sulfide) groups is 1. The zero-order chi connectivity index (χ0) is 16.9. The van der Waals surface area contributed by atoms with Gasteiger partial charge in [-0.25, -0.2) is 4.39 Å². The fourth-order valence-corrected chi connectivity index (χ4v) is 2.85. The van der Waals surface area contributed by atoms with Gasteiger partial charge < -0.3 is 13.9 Å². The van der Waals surface area contributed by atoms with E-state index >= 15 is 0 Å². The van der Waals surface area contributed by atoms with Gasteiger partial charge >= 0.3 is 0 Å². The van der Waals surface area contributed by atoms with Gasteiger partial charge in [0.05, 0.1) is 14.2 Å². The fourth-order valence-electron chi connectivity index (χ4n) is 2.11. The second-order valence-corrected chi connectivity index (χ2v) is 5.77. The average Bonchev–Trinajstić information content (AvgIpc) is 3.09. The maximum atomic E-state index is 13.0. The minimum absolute atomic E-state index is 0.307. The average molecular weight is 346 g/mol. The third kappa shape index (κ3) is 3.68. The van der Waals surface area contributed by atoms with Crippen LogP contribution in [0.15, 0.2) is 52.1 Å². The zero-order valence-corrected chi connectivity index (χ0v) is 14.0. The standard InChI is InChI=1S/C17H15FN2O3S/c1-21-14-7-8-15(22-2)12(9-14)10-24-17-20-19-16(23-17)11-3-5-13(18)6-4-11/h3-9H,10H2,1-2H3. The normalized spacial score (nSPS) is 10.6. The molecule has 0 saturated heterocycles. The van der Waals surface area contributed by atoms with Crippen LogP contribution in [0.2, 0.25) is 0 Å². The van der Waals surface area contributed by atoms with Crippen LogP contribution >= 0.6 is 11.8 Å². The second kappa shape index (κ2) is 7.35. The van der Waals surface area contributed by atoms with Gasteiger partial charge in [-0.2, -0.15) is 0 Å². The summed E-state index contributed by atoms with van der Waals surface area (Å²) in [6, 6.07) is 11.5. The number of ether oxygens (including phenoxy) is 2. The summed E-state index contributed by atoms with van der Waals surface area (Å²) in [5, 5.41) is 8.43. The third-order valence-corrected chi connectivity index (χ3v) is 4.20. The number of nitrogens with zero attached hydrogens (tertiary/aromatic N) is 2. The maximum absolute atomic E-state index is 13.0. The summed E-state index contributed by atoms with van der Waals surface area (Å²) in [6.45, 7) is 0. The van der Waals surface area contributed by atoms with E-state index < -0.39 is 0 Å². The van der Waals surface area contributed by atoms with Crippen LogP contribution in [0.25, 0.3) is 11.5 Å². The summed E-state index contributed by atoms with van der Waals surface area (Å²) in [5.74, 6) is 2.16. The molecule has 0 spiro atoms. The van der Waals surface area contributed by atoms with Crippen LogP contribution in [0, 0.1) is 5.82 Å². The Morgan fingerprint density at radius 3 is 2.54 bits per heavy atom. The number of benzene rings is 2. The SMILES string of the molecule is COc1ccc(OC)c(CSc2nnc(-c3ccc(F)cc3)o2)c1. The van der Waals surface area contributed by atoms with Crippen LogP contribution < -0.4 is 9.47 Å². The van der Waals surface area contributed by atoms with Crippen molar-refractivity contribution < 1.29 is 18.3 Å². The molecule has 0 amide bonds. The Balaban J connectivity index is 1.73. The molecule has 0 aliphatic carbocycles. The van der Waals surface area contributed by atoms with Crippen LogP contribution in [-0.4, -0.2) is 24.4 Å². The van der Waals surface area contributed by atoms with Gasteiger partial charge in [0.25, 0.3) is 5.22 Å². The van der Waals surface area contributed by atoms with Crippen molar-refractivity contribution in [2.75, 3.05) is 14.2 Å². The molecule has 0 atom stereocenters. The molecule has 0 bridgehead atoms. The summed E-state index contributed by atoms with van der Waals surface area (Å²) in [4.78, 5) is 0. The highest BCUT2D eigenvalue weighted by Gasteiger charge is 2.11. The van der Waals surface area contributed by atoms with Crippen LogP contribution in [0.3, 0.4) is 0 Å². The smallest absolute Gasteiger partial charge is 0.277 e. The molecule has 0 saturated carbocycles. The number of aromatic nitrogens is 2. The quantitative estimate of drug-likeness (QED) is 0.624. The van der Waals surface area contributed by atoms with Gasteiger partial charge in [-0.15, -0.1) is 10.2 Å². The lowest BCUT2D eigenvalue weighted by Gasteiger charge is -2.09. The molecule has 0 aliphatic heterocycles. The second-order valence-electron chi connectivity index (χ2n) is 4.85. The molecule has 0 fully saturated rings. The van der Waals surface area contributed by atoms with E-state index in [9.17, 15) is 4.39 Å². The molecule has 5 nitrogen and oxygen atoms in total. The highest BCUT2D eigenvalue weighted by Crippen LogP contribution is 2.31. The minimum atomic E-state index is -0.307. The molecule has 1 heterocycles. The first-order valence-electron chi connectivity index (χ1n) is 7.12. The van der Waals surface area contributed by atoms with Gasteiger partial charge in [-0.3, -0.25) is 0 Å². The Kier molecular flexibility index (Phi) is 5.00. The maximum Gasteiger partial charge on any atom is 0.277 e. The topological polar surface area (TPSA) is 57.4 Å². The lowest BCUT2D eigenvalue weighted by Crippen LogP contribution is -1.92. The van der Waals surface area contributed by atoms with E-state index in [0.717, 1.165) is 17.1 Å². The van der Waals surface area contributed by atoms with E-state index in [2.05, 4.69) is 10.2 Å².